The first-order valence-electron chi connectivity index (χ1n) is 9.52. The van der Waals surface area contributed by atoms with Crippen molar-refractivity contribution in [1.29, 1.82) is 0 Å². The van der Waals surface area contributed by atoms with Crippen molar-refractivity contribution < 1.29 is 19.4 Å². The number of amides is 1. The Balaban J connectivity index is 1.83. The molecule has 1 saturated heterocycles. The molecule has 0 spiro atoms. The van der Waals surface area contributed by atoms with Crippen LogP contribution in [-0.4, -0.2) is 28.8 Å². The maximum atomic E-state index is 13.0. The summed E-state index contributed by atoms with van der Waals surface area (Å²) in [7, 11) is 1.57. The van der Waals surface area contributed by atoms with Crippen molar-refractivity contribution in [3.05, 3.63) is 93.2 Å². The van der Waals surface area contributed by atoms with E-state index in [0.717, 1.165) is 16.0 Å². The normalized spacial score (nSPS) is 18.1. The Morgan fingerprint density at radius 3 is 2.47 bits per heavy atom. The van der Waals surface area contributed by atoms with Crippen molar-refractivity contribution in [2.75, 3.05) is 7.11 Å². The predicted octanol–water partition coefficient (Wildman–Crippen LogP) is 4.69. The largest absolute Gasteiger partial charge is 0.507 e. The van der Waals surface area contributed by atoms with Gasteiger partial charge in [0, 0.05) is 16.0 Å². The van der Waals surface area contributed by atoms with Gasteiger partial charge in [-0.2, -0.15) is 0 Å². The van der Waals surface area contributed by atoms with Gasteiger partial charge in [0.25, 0.3) is 11.7 Å². The molecule has 3 aromatic rings. The number of aliphatic hydroxyl groups excluding tert-OH is 1. The third kappa shape index (κ3) is 3.50. The molecular weight excluding hydrogens is 398 g/mol. The number of hydrogen-bond acceptors (Lipinski definition) is 5. The number of carbonyl (C=O) groups is 2. The molecule has 1 aromatic heterocycles. The van der Waals surface area contributed by atoms with Gasteiger partial charge in [-0.25, -0.2) is 0 Å². The lowest BCUT2D eigenvalue weighted by Crippen LogP contribution is -2.29. The van der Waals surface area contributed by atoms with Crippen molar-refractivity contribution in [2.24, 2.45) is 0 Å². The van der Waals surface area contributed by atoms with Crippen molar-refractivity contribution >= 4 is 28.8 Å². The van der Waals surface area contributed by atoms with Crippen LogP contribution in [0.25, 0.3) is 5.76 Å². The van der Waals surface area contributed by atoms with Crippen molar-refractivity contribution in [3.8, 4) is 5.75 Å². The molecule has 1 amide bonds. The van der Waals surface area contributed by atoms with Crippen LogP contribution in [0.15, 0.2) is 71.6 Å². The van der Waals surface area contributed by atoms with E-state index in [0.29, 0.717) is 11.3 Å². The molecule has 0 aliphatic carbocycles. The third-order valence-electron chi connectivity index (χ3n) is 5.21. The molecule has 0 bridgehead atoms. The topological polar surface area (TPSA) is 66.8 Å². The summed E-state index contributed by atoms with van der Waals surface area (Å²) in [6.07, 6.45) is 0. The van der Waals surface area contributed by atoms with Gasteiger partial charge in [0.2, 0.25) is 0 Å². The fraction of sp³-hybridized carbons (Fsp3) is 0.167. The lowest BCUT2D eigenvalue weighted by Gasteiger charge is -2.25. The molecule has 2 aromatic carbocycles. The Bertz CT molecular complexity index is 1120. The monoisotopic (exact) mass is 419 g/mol. The standard InChI is InChI=1S/C24H21NO4S/c1-15-9-11-16(12-10-15)22(26)20-21(19-8-5-13-30-19)25(24(28)23(20)27)14-17-6-3-4-7-18(17)29-2/h3-13,21,26H,14H2,1-2H3/b22-20-. The van der Waals surface area contributed by atoms with Gasteiger partial charge in [-0.15, -0.1) is 11.3 Å². The summed E-state index contributed by atoms with van der Waals surface area (Å²) in [5.74, 6) is -0.827. The van der Waals surface area contributed by atoms with Gasteiger partial charge in [-0.1, -0.05) is 54.1 Å². The highest BCUT2D eigenvalue weighted by Gasteiger charge is 2.46. The average Bonchev–Trinajstić information content (AvgIpc) is 3.37. The minimum atomic E-state index is -0.679. The number of hydrogen-bond donors (Lipinski definition) is 1. The summed E-state index contributed by atoms with van der Waals surface area (Å²) >= 11 is 1.44. The number of thiophene rings is 1. The van der Waals surface area contributed by atoms with Gasteiger partial charge in [0.15, 0.2) is 0 Å². The predicted molar refractivity (Wildman–Crippen MR) is 116 cm³/mol. The maximum absolute atomic E-state index is 13.0. The van der Waals surface area contributed by atoms with E-state index < -0.39 is 17.7 Å². The van der Waals surface area contributed by atoms with E-state index in [4.69, 9.17) is 4.74 Å². The highest BCUT2D eigenvalue weighted by Crippen LogP contribution is 2.42. The molecule has 6 heteroatoms. The fourth-order valence-electron chi connectivity index (χ4n) is 3.67. The average molecular weight is 420 g/mol. The van der Waals surface area contributed by atoms with E-state index in [-0.39, 0.29) is 17.9 Å². The second-order valence-corrected chi connectivity index (χ2v) is 8.10. The van der Waals surface area contributed by atoms with Crippen molar-refractivity contribution in [3.63, 3.8) is 0 Å². The molecule has 30 heavy (non-hydrogen) atoms. The smallest absolute Gasteiger partial charge is 0.295 e. The number of Topliss-reactive ketones (excluding diaryl/α,β-unsaturated/α-hetero) is 1. The zero-order valence-corrected chi connectivity index (χ0v) is 17.5. The minimum absolute atomic E-state index is 0.112. The van der Waals surface area contributed by atoms with E-state index in [1.54, 1.807) is 19.2 Å². The van der Waals surface area contributed by atoms with Gasteiger partial charge in [0.05, 0.1) is 25.3 Å². The van der Waals surface area contributed by atoms with E-state index in [1.165, 1.54) is 16.2 Å². The number of methoxy groups -OCH3 is 1. The third-order valence-corrected chi connectivity index (χ3v) is 6.14. The van der Waals surface area contributed by atoms with Crippen LogP contribution in [0.1, 0.15) is 27.6 Å². The Labute approximate surface area is 178 Å². The number of nitrogens with zero attached hydrogens (tertiary/aromatic N) is 1. The maximum Gasteiger partial charge on any atom is 0.295 e. The number of aryl methyl sites for hydroxylation is 1. The summed E-state index contributed by atoms with van der Waals surface area (Å²) in [5, 5.41) is 12.9. The Morgan fingerprint density at radius 1 is 1.07 bits per heavy atom. The van der Waals surface area contributed by atoms with Crippen LogP contribution in [0.5, 0.6) is 5.75 Å². The lowest BCUT2D eigenvalue weighted by atomic mass is 9.99. The first-order valence-corrected chi connectivity index (χ1v) is 10.4. The number of rotatable bonds is 5. The van der Waals surface area contributed by atoms with E-state index in [2.05, 4.69) is 0 Å². The minimum Gasteiger partial charge on any atom is -0.507 e. The molecule has 152 valence electrons. The number of ether oxygens (including phenoxy) is 1. The Morgan fingerprint density at radius 2 is 1.80 bits per heavy atom. The number of para-hydroxylation sites is 1. The van der Waals surface area contributed by atoms with Gasteiger partial charge in [-0.05, 0) is 24.4 Å². The van der Waals surface area contributed by atoms with Crippen LogP contribution in [0.4, 0.5) is 0 Å². The van der Waals surface area contributed by atoms with Crippen LogP contribution in [-0.2, 0) is 16.1 Å². The quantitative estimate of drug-likeness (QED) is 0.370. The molecule has 2 heterocycles. The molecule has 1 fully saturated rings. The highest BCUT2D eigenvalue weighted by molar-refractivity contribution is 7.10. The zero-order valence-electron chi connectivity index (χ0n) is 16.7. The molecule has 4 rings (SSSR count). The Hall–Kier alpha value is -3.38. The van der Waals surface area contributed by atoms with Gasteiger partial charge in [0.1, 0.15) is 11.5 Å². The molecule has 1 aliphatic rings. The molecule has 1 N–H and O–H groups in total. The summed E-state index contributed by atoms with van der Waals surface area (Å²) < 4.78 is 5.42. The van der Waals surface area contributed by atoms with Gasteiger partial charge >= 0.3 is 0 Å². The van der Waals surface area contributed by atoms with E-state index >= 15 is 0 Å². The number of benzene rings is 2. The first kappa shape index (κ1) is 19.9. The number of carbonyl (C=O) groups excluding carboxylic acids is 2. The zero-order chi connectivity index (χ0) is 21.3. The molecule has 1 aliphatic heterocycles. The Kier molecular flexibility index (Phi) is 5.42. The second-order valence-electron chi connectivity index (χ2n) is 7.12. The molecule has 5 nitrogen and oxygen atoms in total. The fourth-order valence-corrected chi connectivity index (χ4v) is 4.52. The molecule has 0 saturated carbocycles. The molecule has 0 radical (unpaired) electrons. The number of aliphatic hydroxyl groups is 1. The number of ketones is 1. The first-order chi connectivity index (χ1) is 14.5. The molecule has 1 unspecified atom stereocenters. The van der Waals surface area contributed by atoms with E-state index in [1.807, 2.05) is 60.8 Å². The van der Waals surface area contributed by atoms with Crippen molar-refractivity contribution in [2.45, 2.75) is 19.5 Å². The molecule has 1 atom stereocenters. The SMILES string of the molecule is COc1ccccc1CN1C(=O)C(=O)/C(=C(\O)c2ccc(C)cc2)C1c1cccs1. The highest BCUT2D eigenvalue weighted by atomic mass is 32.1. The van der Waals surface area contributed by atoms with Crippen LogP contribution in [0.3, 0.4) is 0 Å². The van der Waals surface area contributed by atoms with Gasteiger partial charge < -0.3 is 14.7 Å². The number of likely N-dealkylation sites (tertiary alicyclic amines) is 1. The summed E-state index contributed by atoms with van der Waals surface area (Å²) in [6, 6.07) is 17.7. The van der Waals surface area contributed by atoms with Crippen LogP contribution >= 0.6 is 11.3 Å². The lowest BCUT2D eigenvalue weighted by molar-refractivity contribution is -0.140. The van der Waals surface area contributed by atoms with Gasteiger partial charge in [-0.3, -0.25) is 9.59 Å². The summed E-state index contributed by atoms with van der Waals surface area (Å²) in [4.78, 5) is 28.3. The molecular formula is C24H21NO4S. The van der Waals surface area contributed by atoms with Crippen LogP contribution < -0.4 is 4.74 Å². The summed E-state index contributed by atoms with van der Waals surface area (Å²) in [6.45, 7) is 2.14. The van der Waals surface area contributed by atoms with Crippen LogP contribution in [0.2, 0.25) is 0 Å². The second kappa shape index (κ2) is 8.16. The van der Waals surface area contributed by atoms with Crippen LogP contribution in [0, 0.1) is 6.92 Å². The summed E-state index contributed by atoms with van der Waals surface area (Å²) in [5.41, 5.74) is 2.45. The van der Waals surface area contributed by atoms with Crippen molar-refractivity contribution in [1.82, 2.24) is 4.90 Å². The van der Waals surface area contributed by atoms with E-state index in [9.17, 15) is 14.7 Å².